The molecule has 0 aliphatic carbocycles. The number of halogens is 1. The Kier molecular flexibility index (Phi) is 4.22. The summed E-state index contributed by atoms with van der Waals surface area (Å²) >= 11 is 0. The van der Waals surface area contributed by atoms with Gasteiger partial charge in [0.25, 0.3) is 0 Å². The average Bonchev–Trinajstić information content (AvgIpc) is 3.17. The average molecular weight is 352 g/mol. The Balaban J connectivity index is 1.54. The van der Waals surface area contributed by atoms with Crippen molar-refractivity contribution < 1.29 is 15.0 Å². The number of aromatic nitrogens is 1. The summed E-state index contributed by atoms with van der Waals surface area (Å²) in [6.07, 6.45) is 3.21. The Labute approximate surface area is 151 Å². The number of pyridine rings is 1. The number of piperidine rings is 1. The molecule has 1 N–H and O–H groups in total. The van der Waals surface area contributed by atoms with E-state index in [0.717, 1.165) is 31.6 Å². The first-order valence-corrected chi connectivity index (χ1v) is 8.58. The van der Waals surface area contributed by atoms with E-state index in [1.165, 1.54) is 12.3 Å². The summed E-state index contributed by atoms with van der Waals surface area (Å²) in [5.41, 5.74) is 1.76. The number of rotatable bonds is 4. The quantitative estimate of drug-likeness (QED) is 0.771. The molecule has 5 nitrogen and oxygen atoms in total. The van der Waals surface area contributed by atoms with Crippen LogP contribution in [0.3, 0.4) is 0 Å². The van der Waals surface area contributed by atoms with Crippen LogP contribution in [0.1, 0.15) is 35.6 Å². The number of hydrogen-bond donors (Lipinski definition) is 1. The summed E-state index contributed by atoms with van der Waals surface area (Å²) in [6.45, 7) is 1.41. The number of fused-ring (bicyclic) bond motifs is 1. The van der Waals surface area contributed by atoms with Gasteiger partial charge in [-0.3, -0.25) is 0 Å². The van der Waals surface area contributed by atoms with Gasteiger partial charge in [0, 0.05) is 23.1 Å². The van der Waals surface area contributed by atoms with Gasteiger partial charge >= 0.3 is 0 Å². The van der Waals surface area contributed by atoms with E-state index >= 15 is 0 Å². The number of nitrogens with one attached hydrogen (secondary N) is 1. The molecule has 6 heteroatoms. The third-order valence-electron chi connectivity index (χ3n) is 4.71. The second-order valence-electron chi connectivity index (χ2n) is 6.29. The minimum Gasteiger partial charge on any atom is -0.473 e. The van der Waals surface area contributed by atoms with E-state index in [2.05, 4.69) is 4.98 Å². The van der Waals surface area contributed by atoms with Gasteiger partial charge in [0.2, 0.25) is 5.88 Å². The third kappa shape index (κ3) is 3.14. The fourth-order valence-corrected chi connectivity index (χ4v) is 3.31. The largest absolute Gasteiger partial charge is 0.473 e. The number of ether oxygens (including phenoxy) is 1. The zero-order valence-electron chi connectivity index (χ0n) is 15.1. The maximum absolute atomic E-state index is 14.4. The van der Waals surface area contributed by atoms with Crippen LogP contribution in [0.4, 0.5) is 4.39 Å². The molecule has 0 spiro atoms. The lowest BCUT2D eigenvalue weighted by atomic mass is 9.94. The standard InChI is InChI=1S/C20H18FN3O2/c21-17-10-14(11-22)15-6-9-25-20(15)16(17)12-26-19-3-1-2-18(24-19)13-4-7-23-8-5-13/h1-3,6,9-10,13,23H,4-5,7-8,12H2/i/hD. The minimum atomic E-state index is -0.534. The van der Waals surface area contributed by atoms with Crippen LogP contribution in [-0.4, -0.2) is 18.1 Å². The molecule has 1 fully saturated rings. The normalized spacial score (nSPS) is 16.4. The molecule has 1 aliphatic heterocycles. The number of hydrogen-bond acceptors (Lipinski definition) is 5. The Morgan fingerprint density at radius 3 is 3.04 bits per heavy atom. The van der Waals surface area contributed by atoms with E-state index in [1.807, 2.05) is 18.2 Å². The van der Waals surface area contributed by atoms with Crippen LogP contribution in [0.5, 0.6) is 5.88 Å². The summed E-state index contributed by atoms with van der Waals surface area (Å²) < 4.78 is 33.2. The van der Waals surface area contributed by atoms with Crippen LogP contribution in [0, 0.1) is 17.1 Å². The minimum absolute atomic E-state index is 0.0385. The molecule has 26 heavy (non-hydrogen) atoms. The second kappa shape index (κ2) is 7.14. The highest BCUT2D eigenvalue weighted by Crippen LogP contribution is 2.28. The molecule has 0 amide bonds. The lowest BCUT2D eigenvalue weighted by Crippen LogP contribution is -2.27. The summed E-state index contributed by atoms with van der Waals surface area (Å²) in [4.78, 5) is 4.56. The van der Waals surface area contributed by atoms with Gasteiger partial charge in [-0.2, -0.15) is 5.26 Å². The summed E-state index contributed by atoms with van der Waals surface area (Å²) in [5.74, 6) is 0.191. The van der Waals surface area contributed by atoms with Crippen molar-refractivity contribution in [3.8, 4) is 11.9 Å². The van der Waals surface area contributed by atoms with E-state index < -0.39 is 5.82 Å². The van der Waals surface area contributed by atoms with Gasteiger partial charge in [0.1, 0.15) is 19.4 Å². The van der Waals surface area contributed by atoms with Crippen LogP contribution in [0.2, 0.25) is 1.41 Å². The van der Waals surface area contributed by atoms with E-state index in [1.54, 1.807) is 17.4 Å². The van der Waals surface area contributed by atoms with Gasteiger partial charge in [-0.25, -0.2) is 9.37 Å². The molecule has 4 rings (SSSR count). The number of benzene rings is 1. The summed E-state index contributed by atoms with van der Waals surface area (Å²) in [5, 5.41) is 11.3. The van der Waals surface area contributed by atoms with Gasteiger partial charge in [-0.05, 0) is 44.1 Å². The molecule has 1 aromatic carbocycles. The van der Waals surface area contributed by atoms with Gasteiger partial charge < -0.3 is 14.5 Å². The van der Waals surface area contributed by atoms with Crippen molar-refractivity contribution in [3.63, 3.8) is 0 Å². The monoisotopic (exact) mass is 352 g/mol. The predicted octanol–water partition coefficient (Wildman–Crippen LogP) is 3.88. The highest BCUT2D eigenvalue weighted by molar-refractivity contribution is 5.86. The third-order valence-corrected chi connectivity index (χ3v) is 4.71. The lowest BCUT2D eigenvalue weighted by molar-refractivity contribution is 0.285. The molecule has 0 saturated carbocycles. The first-order chi connectivity index (χ1) is 13.2. The Morgan fingerprint density at radius 1 is 1.38 bits per heavy atom. The number of nitrogens with zero attached hydrogens (tertiary/aromatic N) is 2. The topological polar surface area (TPSA) is 71.1 Å². The van der Waals surface area contributed by atoms with Gasteiger partial charge in [-0.1, -0.05) is 6.07 Å². The van der Waals surface area contributed by atoms with Crippen molar-refractivity contribution in [3.05, 3.63) is 59.2 Å². The number of furan rings is 1. The van der Waals surface area contributed by atoms with Crippen molar-refractivity contribution in [2.24, 2.45) is 0 Å². The molecule has 0 unspecified atom stereocenters. The summed E-state index contributed by atoms with van der Waals surface area (Å²) in [7, 11) is 0. The zero-order valence-corrected chi connectivity index (χ0v) is 14.1. The molecule has 0 atom stereocenters. The van der Waals surface area contributed by atoms with Crippen LogP contribution in [-0.2, 0) is 6.61 Å². The molecule has 3 aromatic rings. The molecular formula is C20H18FN3O2. The maximum Gasteiger partial charge on any atom is 0.213 e. The van der Waals surface area contributed by atoms with E-state index in [9.17, 15) is 4.39 Å². The predicted molar refractivity (Wildman–Crippen MR) is 94.3 cm³/mol. The zero-order chi connectivity index (χ0) is 18.8. The van der Waals surface area contributed by atoms with E-state index in [0.29, 0.717) is 22.8 Å². The molecule has 1 aliphatic rings. The molecule has 132 valence electrons. The maximum atomic E-state index is 14.4. The van der Waals surface area contributed by atoms with Crippen LogP contribution in [0.25, 0.3) is 11.0 Å². The van der Waals surface area contributed by atoms with Gasteiger partial charge in [0.15, 0.2) is 0 Å². The fraction of sp³-hybridized carbons (Fsp3) is 0.300. The first kappa shape index (κ1) is 15.4. The second-order valence-corrected chi connectivity index (χ2v) is 6.29. The van der Waals surface area contributed by atoms with Crippen LogP contribution >= 0.6 is 0 Å². The van der Waals surface area contributed by atoms with E-state index in [4.69, 9.17) is 15.8 Å². The van der Waals surface area contributed by atoms with Crippen LogP contribution < -0.4 is 10.0 Å². The molecule has 1 saturated heterocycles. The van der Waals surface area contributed by atoms with Crippen molar-refractivity contribution in [2.75, 3.05) is 13.1 Å². The van der Waals surface area contributed by atoms with E-state index in [-0.39, 0.29) is 17.7 Å². The number of nitriles is 1. The Hall–Kier alpha value is -2.91. The van der Waals surface area contributed by atoms with Gasteiger partial charge in [-0.15, -0.1) is 0 Å². The first-order valence-electron chi connectivity index (χ1n) is 9.02. The van der Waals surface area contributed by atoms with Crippen molar-refractivity contribution in [2.45, 2.75) is 25.4 Å². The van der Waals surface area contributed by atoms with Crippen molar-refractivity contribution in [1.29, 1.82) is 5.26 Å². The van der Waals surface area contributed by atoms with Gasteiger partial charge in [0.05, 0.1) is 23.5 Å². The lowest BCUT2D eigenvalue weighted by Gasteiger charge is -2.22. The Bertz CT molecular complexity index is 1010. The SMILES string of the molecule is [2H]N1CCC(c2cccc(OCc3c(F)cc(C#N)c4ccoc34)n2)CC1. The highest BCUT2D eigenvalue weighted by atomic mass is 19.1. The summed E-state index contributed by atoms with van der Waals surface area (Å²) in [6, 6.07) is 10.4. The van der Waals surface area contributed by atoms with Crippen molar-refractivity contribution >= 4 is 11.0 Å². The molecule has 0 radical (unpaired) electrons. The fourth-order valence-electron chi connectivity index (χ4n) is 3.31. The van der Waals surface area contributed by atoms with Crippen molar-refractivity contribution in [1.82, 2.24) is 10.3 Å². The molecule has 3 heterocycles. The molecule has 0 bridgehead atoms. The molecular weight excluding hydrogens is 333 g/mol. The molecule has 2 aromatic heterocycles. The highest BCUT2D eigenvalue weighted by Gasteiger charge is 2.18. The smallest absolute Gasteiger partial charge is 0.213 e. The Morgan fingerprint density at radius 2 is 2.23 bits per heavy atom. The van der Waals surface area contributed by atoms with Crippen LogP contribution in [0.15, 0.2) is 41.0 Å².